The highest BCUT2D eigenvalue weighted by molar-refractivity contribution is 7.89. The van der Waals surface area contributed by atoms with Gasteiger partial charge >= 0.3 is 0 Å². The SMILES string of the molecule is Cc1cc(S(=O)(=O)NCc2ccccc2CN(C)C(C)C)ccc1OC(C)C. The second-order valence-corrected chi connectivity index (χ2v) is 9.46. The summed E-state index contributed by atoms with van der Waals surface area (Å²) < 4.78 is 34.0. The van der Waals surface area contributed by atoms with Gasteiger partial charge in [0.2, 0.25) is 10.0 Å². The second kappa shape index (κ2) is 9.54. The molecule has 2 aromatic rings. The van der Waals surface area contributed by atoms with Crippen molar-refractivity contribution >= 4 is 10.0 Å². The van der Waals surface area contributed by atoms with Crippen LogP contribution < -0.4 is 9.46 Å². The maximum atomic E-state index is 12.8. The van der Waals surface area contributed by atoms with Gasteiger partial charge in [0.15, 0.2) is 0 Å². The maximum absolute atomic E-state index is 12.8. The van der Waals surface area contributed by atoms with Crippen molar-refractivity contribution in [1.29, 1.82) is 0 Å². The topological polar surface area (TPSA) is 58.6 Å². The first-order chi connectivity index (χ1) is 13.1. The fourth-order valence-corrected chi connectivity index (χ4v) is 3.86. The molecule has 0 unspecified atom stereocenters. The summed E-state index contributed by atoms with van der Waals surface area (Å²) in [5.41, 5.74) is 2.91. The van der Waals surface area contributed by atoms with Gasteiger partial charge < -0.3 is 4.74 Å². The summed E-state index contributed by atoms with van der Waals surface area (Å²) in [4.78, 5) is 2.47. The van der Waals surface area contributed by atoms with Gasteiger partial charge in [-0.1, -0.05) is 24.3 Å². The molecule has 5 nitrogen and oxygen atoms in total. The highest BCUT2D eigenvalue weighted by atomic mass is 32.2. The van der Waals surface area contributed by atoms with Crippen molar-refractivity contribution in [3.63, 3.8) is 0 Å². The molecule has 0 spiro atoms. The molecule has 0 aliphatic carbocycles. The van der Waals surface area contributed by atoms with Crippen molar-refractivity contribution in [2.75, 3.05) is 7.05 Å². The summed E-state index contributed by atoms with van der Waals surface area (Å²) >= 11 is 0. The first kappa shape index (κ1) is 22.4. The van der Waals surface area contributed by atoms with E-state index in [4.69, 9.17) is 4.74 Å². The van der Waals surface area contributed by atoms with E-state index in [0.29, 0.717) is 11.8 Å². The van der Waals surface area contributed by atoms with Crippen molar-refractivity contribution in [3.05, 3.63) is 59.2 Å². The van der Waals surface area contributed by atoms with Gasteiger partial charge in [0.05, 0.1) is 11.0 Å². The van der Waals surface area contributed by atoms with Crippen molar-refractivity contribution in [2.24, 2.45) is 0 Å². The number of benzene rings is 2. The monoisotopic (exact) mass is 404 g/mol. The molecule has 0 aliphatic rings. The molecule has 0 fully saturated rings. The normalized spacial score (nSPS) is 12.2. The number of ether oxygens (including phenoxy) is 1. The highest BCUT2D eigenvalue weighted by Gasteiger charge is 2.17. The summed E-state index contributed by atoms with van der Waals surface area (Å²) in [6.07, 6.45) is 0.0414. The van der Waals surface area contributed by atoms with E-state index in [1.165, 1.54) is 0 Å². The van der Waals surface area contributed by atoms with Crippen LogP contribution in [0, 0.1) is 6.92 Å². The zero-order valence-corrected chi connectivity index (χ0v) is 18.5. The Morgan fingerprint density at radius 3 is 2.25 bits per heavy atom. The third-order valence-corrected chi connectivity index (χ3v) is 6.09. The molecule has 28 heavy (non-hydrogen) atoms. The lowest BCUT2D eigenvalue weighted by atomic mass is 10.1. The second-order valence-electron chi connectivity index (χ2n) is 7.70. The number of sulfonamides is 1. The summed E-state index contributed by atoms with van der Waals surface area (Å²) in [5.74, 6) is 0.705. The van der Waals surface area contributed by atoms with Gasteiger partial charge in [-0.3, -0.25) is 4.90 Å². The first-order valence-corrected chi connectivity index (χ1v) is 11.1. The lowest BCUT2D eigenvalue weighted by molar-refractivity contribution is 0.240. The van der Waals surface area contributed by atoms with Gasteiger partial charge in [0, 0.05) is 19.1 Å². The summed E-state index contributed by atoms with van der Waals surface area (Å²) in [5, 5.41) is 0. The van der Waals surface area contributed by atoms with Gasteiger partial charge in [0.25, 0.3) is 0 Å². The van der Waals surface area contributed by atoms with Crippen LogP contribution in [0.4, 0.5) is 0 Å². The Morgan fingerprint density at radius 1 is 1.04 bits per heavy atom. The molecule has 0 atom stereocenters. The van der Waals surface area contributed by atoms with E-state index in [1.54, 1.807) is 18.2 Å². The van der Waals surface area contributed by atoms with E-state index in [1.807, 2.05) is 45.0 Å². The van der Waals surface area contributed by atoms with E-state index >= 15 is 0 Å². The molecule has 0 saturated heterocycles. The van der Waals surface area contributed by atoms with E-state index in [-0.39, 0.29) is 17.5 Å². The van der Waals surface area contributed by atoms with Crippen molar-refractivity contribution in [3.8, 4) is 5.75 Å². The van der Waals surface area contributed by atoms with Crippen LogP contribution in [0.25, 0.3) is 0 Å². The minimum absolute atomic E-state index is 0.0414. The average Bonchev–Trinajstić information content (AvgIpc) is 2.62. The standard InChI is InChI=1S/C22H32N2O3S/c1-16(2)24(6)15-20-10-8-7-9-19(20)14-23-28(25,26)21-11-12-22(18(5)13-21)27-17(3)4/h7-13,16-17,23H,14-15H2,1-6H3. The van der Waals surface area contributed by atoms with Gasteiger partial charge in [-0.05, 0) is 76.6 Å². The quantitative estimate of drug-likeness (QED) is 0.684. The fraction of sp³-hybridized carbons (Fsp3) is 0.455. The molecule has 0 amide bonds. The molecule has 2 aromatic carbocycles. The molecule has 0 saturated carbocycles. The Labute approximate surface area is 169 Å². The molecule has 6 heteroatoms. The van der Waals surface area contributed by atoms with Crippen LogP contribution >= 0.6 is 0 Å². The fourth-order valence-electron chi connectivity index (χ4n) is 2.77. The maximum Gasteiger partial charge on any atom is 0.240 e. The Balaban J connectivity index is 2.15. The molecule has 0 radical (unpaired) electrons. The Kier molecular flexibility index (Phi) is 7.63. The van der Waals surface area contributed by atoms with Crippen LogP contribution in [-0.2, 0) is 23.1 Å². The number of nitrogens with zero attached hydrogens (tertiary/aromatic N) is 1. The molecule has 0 bridgehead atoms. The minimum Gasteiger partial charge on any atom is -0.491 e. The molecule has 0 aliphatic heterocycles. The zero-order valence-electron chi connectivity index (χ0n) is 17.7. The van der Waals surface area contributed by atoms with Gasteiger partial charge in [0.1, 0.15) is 5.75 Å². The predicted molar refractivity (Wildman–Crippen MR) is 114 cm³/mol. The van der Waals surface area contributed by atoms with E-state index in [9.17, 15) is 8.42 Å². The third kappa shape index (κ3) is 6.06. The molecule has 0 aromatic heterocycles. The lowest BCUT2D eigenvalue weighted by Crippen LogP contribution is -2.27. The van der Waals surface area contributed by atoms with Crippen LogP contribution in [0.1, 0.15) is 44.4 Å². The van der Waals surface area contributed by atoms with Crippen molar-refractivity contribution < 1.29 is 13.2 Å². The molecule has 2 rings (SSSR count). The zero-order chi connectivity index (χ0) is 20.9. The van der Waals surface area contributed by atoms with Crippen LogP contribution in [0.2, 0.25) is 0 Å². The van der Waals surface area contributed by atoms with Crippen LogP contribution in [0.3, 0.4) is 0 Å². The van der Waals surface area contributed by atoms with Gasteiger partial charge in [-0.2, -0.15) is 0 Å². The number of rotatable bonds is 9. The van der Waals surface area contributed by atoms with Gasteiger partial charge in [-0.25, -0.2) is 13.1 Å². The van der Waals surface area contributed by atoms with Crippen LogP contribution in [0.15, 0.2) is 47.4 Å². The van der Waals surface area contributed by atoms with Crippen LogP contribution in [0.5, 0.6) is 5.75 Å². The largest absolute Gasteiger partial charge is 0.491 e. The summed E-state index contributed by atoms with van der Waals surface area (Å²) in [6.45, 7) is 11.1. The van der Waals surface area contributed by atoms with E-state index < -0.39 is 10.0 Å². The van der Waals surface area contributed by atoms with E-state index in [0.717, 1.165) is 23.2 Å². The molecule has 154 valence electrons. The Morgan fingerprint density at radius 2 is 1.68 bits per heavy atom. The third-order valence-electron chi connectivity index (χ3n) is 4.69. The summed E-state index contributed by atoms with van der Waals surface area (Å²) in [7, 11) is -1.54. The van der Waals surface area contributed by atoms with E-state index in [2.05, 4.69) is 30.5 Å². The number of aryl methyl sites for hydroxylation is 1. The molecule has 1 N–H and O–H groups in total. The van der Waals surface area contributed by atoms with Crippen molar-refractivity contribution in [1.82, 2.24) is 9.62 Å². The molecule has 0 heterocycles. The number of hydrogen-bond acceptors (Lipinski definition) is 4. The van der Waals surface area contributed by atoms with Crippen LogP contribution in [-0.4, -0.2) is 32.5 Å². The lowest BCUT2D eigenvalue weighted by Gasteiger charge is -2.22. The van der Waals surface area contributed by atoms with Gasteiger partial charge in [-0.15, -0.1) is 0 Å². The predicted octanol–water partition coefficient (Wildman–Crippen LogP) is 4.10. The molecular weight excluding hydrogens is 372 g/mol. The smallest absolute Gasteiger partial charge is 0.240 e. The average molecular weight is 405 g/mol. The Bertz CT molecular complexity index is 892. The van der Waals surface area contributed by atoms with Crippen molar-refractivity contribution in [2.45, 2.75) is 64.7 Å². The number of nitrogens with one attached hydrogen (secondary N) is 1. The highest BCUT2D eigenvalue weighted by Crippen LogP contribution is 2.23. The first-order valence-electron chi connectivity index (χ1n) is 9.64. The minimum atomic E-state index is -3.61. The molecular formula is C22H32N2O3S. The number of hydrogen-bond donors (Lipinski definition) is 1. The summed E-state index contributed by atoms with van der Waals surface area (Å²) in [6, 6.07) is 13.3. The Hall–Kier alpha value is -1.89.